The average Bonchev–Trinajstić information content (AvgIpc) is 3.07. The van der Waals surface area contributed by atoms with Crippen molar-refractivity contribution in [1.82, 2.24) is 21.3 Å². The Hall–Kier alpha value is -2.32. The molecule has 0 aromatic carbocycles. The molecule has 18 heteroatoms. The molecular formula is C33H60N4O12S2. The van der Waals surface area contributed by atoms with Crippen LogP contribution in [0, 0.1) is 10.8 Å². The molecule has 51 heavy (non-hydrogen) atoms. The summed E-state index contributed by atoms with van der Waals surface area (Å²) in [5.41, 5.74) is -1.24. The number of thiol groups is 2. The quantitative estimate of drug-likeness (QED) is 0.0372. The summed E-state index contributed by atoms with van der Waals surface area (Å²) in [6.07, 6.45) is -2.02. The topological polar surface area (TPSA) is 206 Å². The largest absolute Gasteiger partial charge is 0.412 e. The van der Waals surface area contributed by atoms with Crippen molar-refractivity contribution in [3.63, 3.8) is 0 Å². The Morgan fingerprint density at radius 3 is 1.16 bits per heavy atom. The predicted octanol–water partition coefficient (Wildman–Crippen LogP) is 0.809. The SMILES string of the molecule is COC(OC)(OCCOCCNC(=O)CCC(=O)NC(CS)C(=O)C(C)(C)C)OCCOCCNC(=O)CCC(=O)NC(CS)C(=O)C(C)(C)C. The maximum absolute atomic E-state index is 12.4. The maximum Gasteiger partial charge on any atom is 0.412 e. The van der Waals surface area contributed by atoms with Gasteiger partial charge < -0.3 is 49.7 Å². The normalized spacial score (nSPS) is 13.2. The molecule has 0 aliphatic carbocycles. The summed E-state index contributed by atoms with van der Waals surface area (Å²) >= 11 is 8.29. The van der Waals surface area contributed by atoms with Crippen LogP contribution < -0.4 is 21.3 Å². The number of hydrogen-bond donors (Lipinski definition) is 6. The number of Topliss-reactive ketones (excluding diaryl/α,β-unsaturated/α-hetero) is 2. The number of ketones is 2. The van der Waals surface area contributed by atoms with Crippen molar-refractivity contribution in [3.8, 4) is 0 Å². The van der Waals surface area contributed by atoms with Crippen LogP contribution in [0.1, 0.15) is 67.2 Å². The first-order chi connectivity index (χ1) is 23.8. The van der Waals surface area contributed by atoms with Crippen molar-refractivity contribution in [2.45, 2.75) is 85.5 Å². The lowest BCUT2D eigenvalue weighted by Crippen LogP contribution is -2.47. The van der Waals surface area contributed by atoms with Gasteiger partial charge in [-0.15, -0.1) is 0 Å². The van der Waals surface area contributed by atoms with E-state index in [-0.39, 0.29) is 113 Å². The minimum atomic E-state index is -1.80. The van der Waals surface area contributed by atoms with E-state index in [9.17, 15) is 28.8 Å². The zero-order valence-electron chi connectivity index (χ0n) is 31.3. The van der Waals surface area contributed by atoms with Crippen LogP contribution in [0.15, 0.2) is 0 Å². The molecular weight excluding hydrogens is 709 g/mol. The summed E-state index contributed by atoms with van der Waals surface area (Å²) in [7, 11) is 2.66. The van der Waals surface area contributed by atoms with Crippen LogP contribution >= 0.6 is 25.3 Å². The Bertz CT molecular complexity index is 1010. The second-order valence-electron chi connectivity index (χ2n) is 13.4. The summed E-state index contributed by atoms with van der Waals surface area (Å²) < 4.78 is 32.4. The molecule has 0 radical (unpaired) electrons. The lowest BCUT2D eigenvalue weighted by molar-refractivity contribution is -0.487. The van der Waals surface area contributed by atoms with Crippen LogP contribution in [0.25, 0.3) is 0 Å². The number of nitrogens with one attached hydrogen (secondary N) is 4. The van der Waals surface area contributed by atoms with E-state index < -0.39 is 40.9 Å². The predicted molar refractivity (Wildman–Crippen MR) is 195 cm³/mol. The van der Waals surface area contributed by atoms with E-state index in [1.165, 1.54) is 14.2 Å². The molecule has 0 bridgehead atoms. The highest BCUT2D eigenvalue weighted by molar-refractivity contribution is 7.80. The van der Waals surface area contributed by atoms with Crippen molar-refractivity contribution in [2.24, 2.45) is 10.8 Å². The number of ether oxygens (including phenoxy) is 6. The van der Waals surface area contributed by atoms with E-state index in [1.807, 2.05) is 0 Å². The number of rotatable bonds is 28. The Labute approximate surface area is 313 Å². The fourth-order valence-corrected chi connectivity index (χ4v) is 4.65. The van der Waals surface area contributed by atoms with Gasteiger partial charge in [0.2, 0.25) is 23.6 Å². The van der Waals surface area contributed by atoms with Crippen LogP contribution in [0.2, 0.25) is 0 Å². The third-order valence-corrected chi connectivity index (χ3v) is 7.69. The van der Waals surface area contributed by atoms with Crippen molar-refractivity contribution in [1.29, 1.82) is 0 Å². The molecule has 0 heterocycles. The first kappa shape index (κ1) is 48.7. The zero-order chi connectivity index (χ0) is 39.1. The van der Waals surface area contributed by atoms with Gasteiger partial charge in [0, 0.05) is 75.3 Å². The van der Waals surface area contributed by atoms with Gasteiger partial charge in [-0.1, -0.05) is 41.5 Å². The molecule has 16 nitrogen and oxygen atoms in total. The van der Waals surface area contributed by atoms with Crippen LogP contribution in [-0.4, -0.2) is 132 Å². The fraction of sp³-hybridized carbons (Fsp3) is 0.818. The first-order valence-electron chi connectivity index (χ1n) is 16.8. The molecule has 0 aromatic heterocycles. The van der Waals surface area contributed by atoms with E-state index in [2.05, 4.69) is 46.5 Å². The van der Waals surface area contributed by atoms with E-state index in [0.29, 0.717) is 0 Å². The zero-order valence-corrected chi connectivity index (χ0v) is 33.1. The summed E-state index contributed by atoms with van der Waals surface area (Å²) in [6, 6.07) is -1.43. The minimum absolute atomic E-state index is 0.0303. The molecule has 0 saturated carbocycles. The number of carbonyl (C=O) groups is 6. The molecule has 296 valence electrons. The highest BCUT2D eigenvalue weighted by atomic mass is 32.1. The lowest BCUT2D eigenvalue weighted by atomic mass is 9.87. The molecule has 0 aliphatic rings. The Morgan fingerprint density at radius 2 is 0.863 bits per heavy atom. The molecule has 2 unspecified atom stereocenters. The van der Waals surface area contributed by atoms with Gasteiger partial charge in [-0.05, 0) is 0 Å². The monoisotopic (exact) mass is 768 g/mol. The number of amides is 4. The van der Waals surface area contributed by atoms with Crippen LogP contribution in [0.4, 0.5) is 0 Å². The first-order valence-corrected chi connectivity index (χ1v) is 18.1. The summed E-state index contributed by atoms with van der Waals surface area (Å²) in [6.45, 7) is 11.7. The highest BCUT2D eigenvalue weighted by Gasteiger charge is 2.33. The molecule has 0 spiro atoms. The Morgan fingerprint density at radius 1 is 0.529 bits per heavy atom. The van der Waals surface area contributed by atoms with Crippen molar-refractivity contribution < 1.29 is 57.2 Å². The third kappa shape index (κ3) is 21.7. The van der Waals surface area contributed by atoms with Crippen LogP contribution in [0.5, 0.6) is 0 Å². The Kier molecular flexibility index (Phi) is 24.5. The van der Waals surface area contributed by atoms with Gasteiger partial charge in [0.1, 0.15) is 0 Å². The molecule has 0 fully saturated rings. The molecule has 0 saturated heterocycles. The van der Waals surface area contributed by atoms with Gasteiger partial charge in [0.15, 0.2) is 11.6 Å². The van der Waals surface area contributed by atoms with E-state index in [1.54, 1.807) is 41.5 Å². The molecule has 0 aliphatic heterocycles. The van der Waals surface area contributed by atoms with Gasteiger partial charge in [-0.2, -0.15) is 25.3 Å². The second kappa shape index (κ2) is 25.6. The van der Waals surface area contributed by atoms with Gasteiger partial charge >= 0.3 is 6.16 Å². The van der Waals surface area contributed by atoms with E-state index >= 15 is 0 Å². The Balaban J connectivity index is 4.14. The molecule has 2 atom stereocenters. The van der Waals surface area contributed by atoms with Crippen molar-refractivity contribution >= 4 is 60.5 Å². The van der Waals surface area contributed by atoms with E-state index in [4.69, 9.17) is 28.4 Å². The van der Waals surface area contributed by atoms with Gasteiger partial charge in [-0.25, -0.2) is 0 Å². The number of methoxy groups -OCH3 is 2. The average molecular weight is 769 g/mol. The smallest absolute Gasteiger partial charge is 0.377 e. The van der Waals surface area contributed by atoms with Gasteiger partial charge in [0.05, 0.1) is 51.7 Å². The van der Waals surface area contributed by atoms with Gasteiger partial charge in [0.25, 0.3) is 0 Å². The second-order valence-corrected chi connectivity index (χ2v) is 14.1. The van der Waals surface area contributed by atoms with E-state index in [0.717, 1.165) is 0 Å². The number of carbonyl (C=O) groups excluding carboxylic acids is 6. The summed E-state index contributed by atoms with van der Waals surface area (Å²) in [5.74, 6) is -1.40. The standard InChI is InChI=1S/C33H60N4O12S2/c1-31(2,3)29(42)23(21-50)36-27(40)11-9-25(38)34-13-15-46-17-19-48-33(44-7,45-8)49-20-18-47-16-14-35-26(39)10-12-28(41)37-24(22-51)30(43)32(4,5)6/h23-24,50-51H,9-22H2,1-8H3,(H,34,38)(H,35,39)(H,36,40)(H,37,41). The molecule has 4 N–H and O–H groups in total. The minimum Gasteiger partial charge on any atom is -0.377 e. The maximum atomic E-state index is 12.4. The third-order valence-electron chi connectivity index (χ3n) is 6.96. The number of hydrogen-bond acceptors (Lipinski definition) is 14. The highest BCUT2D eigenvalue weighted by Crippen LogP contribution is 2.19. The fourth-order valence-electron chi connectivity index (χ4n) is 4.14. The van der Waals surface area contributed by atoms with Crippen molar-refractivity contribution in [2.75, 3.05) is 78.5 Å². The summed E-state index contributed by atoms with van der Waals surface area (Å²) in [4.78, 5) is 73.3. The van der Waals surface area contributed by atoms with Crippen LogP contribution in [0.3, 0.4) is 0 Å². The van der Waals surface area contributed by atoms with Gasteiger partial charge in [-0.3, -0.25) is 28.8 Å². The molecule has 0 rings (SSSR count). The lowest BCUT2D eigenvalue weighted by Gasteiger charge is -2.29. The van der Waals surface area contributed by atoms with Crippen molar-refractivity contribution in [3.05, 3.63) is 0 Å². The summed E-state index contributed by atoms with van der Waals surface area (Å²) in [5, 5.41) is 10.6. The van der Waals surface area contributed by atoms with Crippen LogP contribution in [-0.2, 0) is 57.2 Å². The molecule has 4 amide bonds. The molecule has 0 aromatic rings.